The Hall–Kier alpha value is -7.88. The van der Waals surface area contributed by atoms with E-state index < -0.39 is 0 Å². The van der Waals surface area contributed by atoms with E-state index >= 15 is 0 Å². The van der Waals surface area contributed by atoms with Crippen molar-refractivity contribution in [3.63, 3.8) is 0 Å². The van der Waals surface area contributed by atoms with Gasteiger partial charge in [-0.15, -0.1) is 0 Å². The molecule has 0 spiro atoms. The van der Waals surface area contributed by atoms with Gasteiger partial charge in [-0.25, -0.2) is 0 Å². The number of nitrogens with zero attached hydrogens (tertiary/aromatic N) is 2. The standard InChI is InChI=1S/C77H73BN2/c1-73(2,3)54-40-55(74(4,5)6)43-58(42-54)79-68-38-53(50-27-30-65-63(37-50)60-25-19-20-26-64(60)77(65,13)14)39-69-70(68)78(66-31-28-51-33-46-21-15-17-23-48(46)35-61(51)71(66)79)67-32-29-52-34-47-22-16-18-24-49(47)36-62(52)72(67)80(69)59-44-56(75(7,8)9)41-57(45-59)76(10,11)12/h15-45H,1-14H3. The van der Waals surface area contributed by atoms with Gasteiger partial charge in [0.05, 0.1) is 0 Å². The molecule has 80 heavy (non-hydrogen) atoms. The van der Waals surface area contributed by atoms with Crippen molar-refractivity contribution in [2.75, 3.05) is 9.80 Å². The van der Waals surface area contributed by atoms with Gasteiger partial charge in [0, 0.05) is 50.3 Å². The third kappa shape index (κ3) is 7.74. The Bertz CT molecular complexity index is 4150. The SMILES string of the molecule is CC(C)(C)c1cc(N2c3cc(-c4ccc5c(c4)-c4ccccc4C5(C)C)cc4c3B(c3ccc5cc6ccccc6cc5c32)c2ccc3cc5ccccc5cc3c2N4c2cc(C(C)(C)C)cc(C(C)(C)C)c2)cc(C(C)(C)C)c1. The molecule has 0 saturated carbocycles. The maximum atomic E-state index is 2.71. The van der Waals surface area contributed by atoms with E-state index in [9.17, 15) is 0 Å². The Kier molecular flexibility index (Phi) is 10.7. The molecule has 0 radical (unpaired) electrons. The molecule has 0 saturated heterocycles. The summed E-state index contributed by atoms with van der Waals surface area (Å²) in [5.74, 6) is 0. The summed E-state index contributed by atoms with van der Waals surface area (Å²) in [6.07, 6.45) is 0. The van der Waals surface area contributed by atoms with Gasteiger partial charge in [-0.05, 0) is 193 Å². The van der Waals surface area contributed by atoms with Crippen molar-refractivity contribution in [1.29, 1.82) is 0 Å². The molecule has 0 atom stereocenters. The first-order valence-electron chi connectivity index (χ1n) is 29.2. The van der Waals surface area contributed by atoms with Crippen molar-refractivity contribution in [3.05, 3.63) is 221 Å². The first kappa shape index (κ1) is 50.4. The van der Waals surface area contributed by atoms with E-state index in [2.05, 4.69) is 295 Å². The summed E-state index contributed by atoms with van der Waals surface area (Å²) < 4.78 is 0. The Morgan fingerprint density at radius 1 is 0.338 bits per heavy atom. The molecule has 0 N–H and O–H groups in total. The van der Waals surface area contributed by atoms with Crippen LogP contribution in [0.25, 0.3) is 65.3 Å². The molecule has 394 valence electrons. The maximum absolute atomic E-state index is 2.71. The molecule has 0 aromatic heterocycles. The first-order chi connectivity index (χ1) is 37.9. The lowest BCUT2D eigenvalue weighted by Crippen LogP contribution is -2.61. The molecule has 11 aromatic carbocycles. The highest BCUT2D eigenvalue weighted by Crippen LogP contribution is 2.54. The summed E-state index contributed by atoms with van der Waals surface area (Å²) in [6, 6.07) is 74.0. The number of benzene rings is 11. The molecule has 14 rings (SSSR count). The molecule has 3 heteroatoms. The van der Waals surface area contributed by atoms with Gasteiger partial charge >= 0.3 is 0 Å². The molecular formula is C77H73BN2. The van der Waals surface area contributed by atoms with Gasteiger partial charge in [-0.3, -0.25) is 0 Å². The summed E-state index contributed by atoms with van der Waals surface area (Å²) in [4.78, 5) is 5.43. The highest BCUT2D eigenvalue weighted by Gasteiger charge is 2.46. The third-order valence-corrected chi connectivity index (χ3v) is 18.5. The number of hydrogen-bond donors (Lipinski definition) is 0. The molecule has 3 aliphatic rings. The third-order valence-electron chi connectivity index (χ3n) is 18.5. The summed E-state index contributed by atoms with van der Waals surface area (Å²) in [7, 11) is 0. The predicted molar refractivity (Wildman–Crippen MR) is 348 cm³/mol. The zero-order chi connectivity index (χ0) is 55.7. The average molecular weight is 1040 g/mol. The molecular weight excluding hydrogens is 964 g/mol. The normalized spacial score (nSPS) is 14.7. The molecule has 0 fully saturated rings. The fraction of sp³-hybridized carbons (Fsp3) is 0.247. The maximum Gasteiger partial charge on any atom is 0.252 e. The number of rotatable bonds is 3. The van der Waals surface area contributed by atoms with Crippen LogP contribution < -0.4 is 26.2 Å². The van der Waals surface area contributed by atoms with Crippen LogP contribution in [0.1, 0.15) is 130 Å². The highest BCUT2D eigenvalue weighted by molar-refractivity contribution is 7.00. The molecule has 11 aromatic rings. The van der Waals surface area contributed by atoms with Gasteiger partial charge < -0.3 is 9.80 Å². The van der Waals surface area contributed by atoms with Gasteiger partial charge in [0.1, 0.15) is 0 Å². The lowest BCUT2D eigenvalue weighted by molar-refractivity contribution is 0.568. The molecule has 0 bridgehead atoms. The zero-order valence-electron chi connectivity index (χ0n) is 49.4. The molecule has 1 aliphatic carbocycles. The summed E-state index contributed by atoms with van der Waals surface area (Å²) in [5.41, 5.74) is 24.0. The van der Waals surface area contributed by atoms with Crippen LogP contribution in [0.3, 0.4) is 0 Å². The van der Waals surface area contributed by atoms with Gasteiger partial charge in [-0.1, -0.05) is 218 Å². The Balaban J connectivity index is 1.18. The lowest BCUT2D eigenvalue weighted by atomic mass is 9.33. The fourth-order valence-electron chi connectivity index (χ4n) is 13.8. The van der Waals surface area contributed by atoms with Crippen molar-refractivity contribution in [2.45, 2.75) is 124 Å². The largest absolute Gasteiger partial charge is 0.311 e. The van der Waals surface area contributed by atoms with Crippen LogP contribution in [0.4, 0.5) is 34.1 Å². The van der Waals surface area contributed by atoms with Crippen LogP contribution in [0.2, 0.25) is 0 Å². The summed E-state index contributed by atoms with van der Waals surface area (Å²) >= 11 is 0. The van der Waals surface area contributed by atoms with Crippen molar-refractivity contribution < 1.29 is 0 Å². The minimum Gasteiger partial charge on any atom is -0.311 e. The number of anilines is 6. The van der Waals surface area contributed by atoms with Gasteiger partial charge in [0.2, 0.25) is 0 Å². The van der Waals surface area contributed by atoms with E-state index in [0.29, 0.717) is 0 Å². The van der Waals surface area contributed by atoms with Gasteiger partial charge in [0.25, 0.3) is 6.71 Å². The van der Waals surface area contributed by atoms with Crippen LogP contribution >= 0.6 is 0 Å². The zero-order valence-corrected chi connectivity index (χ0v) is 49.4. The fourth-order valence-corrected chi connectivity index (χ4v) is 13.8. The Labute approximate surface area is 475 Å². The van der Waals surface area contributed by atoms with Crippen LogP contribution in [-0.2, 0) is 27.1 Å². The smallest absolute Gasteiger partial charge is 0.252 e. The van der Waals surface area contributed by atoms with Crippen molar-refractivity contribution in [2.24, 2.45) is 0 Å². The highest BCUT2D eigenvalue weighted by atomic mass is 15.2. The Morgan fingerprint density at radius 2 is 0.738 bits per heavy atom. The summed E-state index contributed by atoms with van der Waals surface area (Å²) in [5, 5.41) is 10.0. The number of hydrogen-bond acceptors (Lipinski definition) is 2. The lowest BCUT2D eigenvalue weighted by Gasteiger charge is -2.46. The second-order valence-electron chi connectivity index (χ2n) is 28.3. The molecule has 2 heterocycles. The minimum absolute atomic E-state index is 0.0910. The topological polar surface area (TPSA) is 6.48 Å². The monoisotopic (exact) mass is 1040 g/mol. The molecule has 2 aliphatic heterocycles. The van der Waals surface area contributed by atoms with Crippen LogP contribution in [0, 0.1) is 0 Å². The summed E-state index contributed by atoms with van der Waals surface area (Å²) in [6.45, 7) is 33.1. The number of fused-ring (bicyclic) bond motifs is 13. The van der Waals surface area contributed by atoms with Gasteiger partial charge in [-0.2, -0.15) is 0 Å². The Morgan fingerprint density at radius 3 is 1.18 bits per heavy atom. The van der Waals surface area contributed by atoms with E-state index in [4.69, 9.17) is 0 Å². The van der Waals surface area contributed by atoms with E-state index in [1.165, 1.54) is 149 Å². The van der Waals surface area contributed by atoms with Crippen LogP contribution in [-0.4, -0.2) is 6.71 Å². The second kappa shape index (κ2) is 17.1. The predicted octanol–water partition coefficient (Wildman–Crippen LogP) is 19.5. The van der Waals surface area contributed by atoms with E-state index in [1.54, 1.807) is 0 Å². The van der Waals surface area contributed by atoms with E-state index in [1.807, 2.05) is 0 Å². The minimum atomic E-state index is -0.108. The molecule has 0 amide bonds. The van der Waals surface area contributed by atoms with Crippen molar-refractivity contribution in [3.8, 4) is 22.3 Å². The average Bonchev–Trinajstić information content (AvgIpc) is 1.48. The van der Waals surface area contributed by atoms with Crippen molar-refractivity contribution in [1.82, 2.24) is 0 Å². The van der Waals surface area contributed by atoms with E-state index in [-0.39, 0.29) is 33.8 Å². The quantitative estimate of drug-likeness (QED) is 0.129. The first-order valence-corrected chi connectivity index (χ1v) is 29.2. The van der Waals surface area contributed by atoms with Crippen molar-refractivity contribution >= 4 is 100 Å². The van der Waals surface area contributed by atoms with Crippen LogP contribution in [0.5, 0.6) is 0 Å². The van der Waals surface area contributed by atoms with Crippen LogP contribution in [0.15, 0.2) is 188 Å². The van der Waals surface area contributed by atoms with E-state index in [0.717, 1.165) is 0 Å². The molecule has 2 nitrogen and oxygen atoms in total. The molecule has 0 unspecified atom stereocenters. The second-order valence-corrected chi connectivity index (χ2v) is 28.3. The van der Waals surface area contributed by atoms with Gasteiger partial charge in [0.15, 0.2) is 0 Å².